The molecular formula is C5H5LiOS. The third-order valence-corrected chi connectivity index (χ3v) is 2.12. The van der Waals surface area contributed by atoms with E-state index >= 15 is 0 Å². The minimum absolute atomic E-state index is 0.184. The first-order valence-electron chi connectivity index (χ1n) is 2.48. The molecule has 0 radical (unpaired) electrons. The Balaban J connectivity index is 2.92. The monoisotopic (exact) mass is 120 g/mol. The normalized spacial score (nSPS) is 9.88. The van der Waals surface area contributed by atoms with Crippen LogP contribution >= 0.6 is 11.3 Å². The van der Waals surface area contributed by atoms with Crippen molar-refractivity contribution in [2.75, 3.05) is 0 Å². The van der Waals surface area contributed by atoms with Gasteiger partial charge in [0, 0.05) is 0 Å². The first-order valence-corrected chi connectivity index (χ1v) is 3.36. The van der Waals surface area contributed by atoms with Crippen molar-refractivity contribution in [1.29, 1.82) is 0 Å². The average Bonchev–Trinajstić information content (AvgIpc) is 2.14. The van der Waals surface area contributed by atoms with E-state index in [1.807, 2.05) is 29.2 Å². The second-order valence-electron chi connectivity index (χ2n) is 1.68. The summed E-state index contributed by atoms with van der Waals surface area (Å²) in [5, 5.41) is 10.6. The molecule has 1 heterocycles. The third-order valence-electron chi connectivity index (χ3n) is 1.11. The molecule has 0 amide bonds. The van der Waals surface area contributed by atoms with Gasteiger partial charge in [0.15, 0.2) is 0 Å². The van der Waals surface area contributed by atoms with Crippen LogP contribution in [0.25, 0.3) is 0 Å². The molecule has 0 aliphatic rings. The van der Waals surface area contributed by atoms with Crippen LogP contribution in [0.1, 0.15) is 4.88 Å². The predicted octanol–water partition coefficient (Wildman–Crippen LogP) is 0.0342. The summed E-state index contributed by atoms with van der Waals surface area (Å²) in [6.07, 6.45) is 0. The van der Waals surface area contributed by atoms with Gasteiger partial charge in [-0.15, -0.1) is 0 Å². The molecule has 0 bridgehead atoms. The quantitative estimate of drug-likeness (QED) is 0.518. The summed E-state index contributed by atoms with van der Waals surface area (Å²) < 4.78 is 1.19. The second-order valence-corrected chi connectivity index (χ2v) is 2.69. The molecule has 0 fully saturated rings. The first kappa shape index (κ1) is 6.38. The zero-order valence-electron chi connectivity index (χ0n) is 4.72. The number of hydrogen-bond donors (Lipinski definition) is 1. The summed E-state index contributed by atoms with van der Waals surface area (Å²) in [4.78, 5) is 1.07. The van der Waals surface area contributed by atoms with Gasteiger partial charge in [0.2, 0.25) is 0 Å². The molecule has 1 nitrogen and oxygen atoms in total. The van der Waals surface area contributed by atoms with Crippen molar-refractivity contribution < 1.29 is 5.11 Å². The van der Waals surface area contributed by atoms with Crippen LogP contribution in [0.2, 0.25) is 0 Å². The van der Waals surface area contributed by atoms with E-state index < -0.39 is 0 Å². The average molecular weight is 120 g/mol. The Morgan fingerprint density at radius 1 is 1.75 bits per heavy atom. The van der Waals surface area contributed by atoms with Crippen LogP contribution in [0.5, 0.6) is 0 Å². The van der Waals surface area contributed by atoms with Gasteiger partial charge in [-0.2, -0.15) is 0 Å². The molecule has 3 heteroatoms. The summed E-state index contributed by atoms with van der Waals surface area (Å²) in [5.74, 6) is 0. The maximum absolute atomic E-state index is 8.62. The van der Waals surface area contributed by atoms with Crippen molar-refractivity contribution >= 4 is 33.3 Å². The van der Waals surface area contributed by atoms with Crippen molar-refractivity contribution in [2.45, 2.75) is 6.61 Å². The van der Waals surface area contributed by atoms with Gasteiger partial charge in [-0.1, -0.05) is 0 Å². The Labute approximate surface area is 61.6 Å². The maximum atomic E-state index is 8.62. The summed E-state index contributed by atoms with van der Waals surface area (Å²) in [7, 11) is 0. The zero-order valence-corrected chi connectivity index (χ0v) is 5.53. The number of aliphatic hydroxyl groups is 1. The van der Waals surface area contributed by atoms with Crippen LogP contribution < -0.4 is 4.24 Å². The van der Waals surface area contributed by atoms with Crippen molar-refractivity contribution in [3.05, 3.63) is 16.3 Å². The molecule has 1 aromatic heterocycles. The Bertz CT molecular complexity index is 173. The van der Waals surface area contributed by atoms with Crippen molar-refractivity contribution in [3.8, 4) is 0 Å². The summed E-state index contributed by atoms with van der Waals surface area (Å²) in [6.45, 7) is 0.184. The first-order chi connectivity index (χ1) is 3.84. The van der Waals surface area contributed by atoms with Crippen molar-refractivity contribution in [1.82, 2.24) is 0 Å². The van der Waals surface area contributed by atoms with E-state index in [1.54, 1.807) is 11.3 Å². The van der Waals surface area contributed by atoms with Crippen LogP contribution in [0.4, 0.5) is 0 Å². The van der Waals surface area contributed by atoms with Crippen molar-refractivity contribution in [2.24, 2.45) is 0 Å². The van der Waals surface area contributed by atoms with E-state index in [4.69, 9.17) is 5.11 Å². The van der Waals surface area contributed by atoms with Crippen LogP contribution in [0.3, 0.4) is 0 Å². The zero-order chi connectivity index (χ0) is 5.98. The molecule has 38 valence electrons. The molecule has 8 heavy (non-hydrogen) atoms. The van der Waals surface area contributed by atoms with Gasteiger partial charge in [0.1, 0.15) is 0 Å². The second kappa shape index (κ2) is 2.70. The summed E-state index contributed by atoms with van der Waals surface area (Å²) in [6, 6.07) is 2.01. The molecule has 1 aromatic rings. The van der Waals surface area contributed by atoms with Gasteiger partial charge in [0.05, 0.1) is 0 Å². The van der Waals surface area contributed by atoms with E-state index in [0.29, 0.717) is 0 Å². The van der Waals surface area contributed by atoms with Gasteiger partial charge in [0.25, 0.3) is 0 Å². The molecule has 0 atom stereocenters. The van der Waals surface area contributed by atoms with E-state index in [-0.39, 0.29) is 6.61 Å². The van der Waals surface area contributed by atoms with E-state index in [2.05, 4.69) is 0 Å². The fraction of sp³-hybridized carbons (Fsp3) is 0.200. The van der Waals surface area contributed by atoms with Gasteiger partial charge < -0.3 is 0 Å². The van der Waals surface area contributed by atoms with Gasteiger partial charge in [-0.05, 0) is 0 Å². The predicted molar refractivity (Wildman–Crippen MR) is 35.6 cm³/mol. The van der Waals surface area contributed by atoms with Gasteiger partial charge in [-0.25, -0.2) is 0 Å². The molecular weight excluding hydrogens is 115 g/mol. The third kappa shape index (κ3) is 1.15. The standard InChI is InChI=1S/C5H5OS.Li/c6-4-5-2-1-3-7-5;/h1,3,6H,4H2;. The van der Waals surface area contributed by atoms with E-state index in [0.717, 1.165) is 4.88 Å². The SMILES string of the molecule is [Li][c]1ccsc1CO. The molecule has 0 aromatic carbocycles. The number of thiophene rings is 1. The fourth-order valence-electron chi connectivity index (χ4n) is 0.566. The van der Waals surface area contributed by atoms with E-state index in [1.165, 1.54) is 4.24 Å². The van der Waals surface area contributed by atoms with Crippen LogP contribution in [-0.4, -0.2) is 22.8 Å². The Kier molecular flexibility index (Phi) is 2.15. The number of rotatable bonds is 1. The topological polar surface area (TPSA) is 20.2 Å². The Morgan fingerprint density at radius 3 is 2.75 bits per heavy atom. The Morgan fingerprint density at radius 2 is 2.50 bits per heavy atom. The van der Waals surface area contributed by atoms with Gasteiger partial charge >= 0.3 is 61.3 Å². The summed E-state index contributed by atoms with van der Waals surface area (Å²) >= 11 is 3.60. The van der Waals surface area contributed by atoms with E-state index in [9.17, 15) is 0 Å². The van der Waals surface area contributed by atoms with Crippen LogP contribution in [-0.2, 0) is 6.61 Å². The summed E-state index contributed by atoms with van der Waals surface area (Å²) in [5.41, 5.74) is 0. The molecule has 1 rings (SSSR count). The molecule has 0 aliphatic heterocycles. The van der Waals surface area contributed by atoms with Crippen molar-refractivity contribution in [3.63, 3.8) is 0 Å². The Hall–Kier alpha value is 0.257. The molecule has 0 saturated heterocycles. The number of aliphatic hydroxyl groups excluding tert-OH is 1. The van der Waals surface area contributed by atoms with Crippen LogP contribution in [0.15, 0.2) is 11.4 Å². The molecule has 1 N–H and O–H groups in total. The minimum atomic E-state index is 0.184. The van der Waals surface area contributed by atoms with Gasteiger partial charge in [-0.3, -0.25) is 0 Å². The molecule has 0 unspecified atom stereocenters. The fourth-order valence-corrected chi connectivity index (χ4v) is 1.33. The van der Waals surface area contributed by atoms with Crippen LogP contribution in [0, 0.1) is 0 Å². The molecule has 0 saturated carbocycles. The molecule has 0 aliphatic carbocycles. The molecule has 0 spiro atoms. The number of hydrogen-bond acceptors (Lipinski definition) is 2.